The summed E-state index contributed by atoms with van der Waals surface area (Å²) >= 11 is 0. The van der Waals surface area contributed by atoms with Crippen LogP contribution in [0.3, 0.4) is 0 Å². The molecule has 0 saturated carbocycles. The molecule has 2 rings (SSSR count). The molecule has 1 heterocycles. The van der Waals surface area contributed by atoms with Crippen LogP contribution in [0.5, 0.6) is 11.5 Å². The lowest BCUT2D eigenvalue weighted by Crippen LogP contribution is -2.53. The predicted molar refractivity (Wildman–Crippen MR) is 85.2 cm³/mol. The first-order valence-corrected chi connectivity index (χ1v) is 7.45. The van der Waals surface area contributed by atoms with Crippen molar-refractivity contribution < 1.29 is 9.47 Å². The molecule has 1 aliphatic heterocycles. The van der Waals surface area contributed by atoms with Gasteiger partial charge < -0.3 is 19.7 Å². The maximum atomic E-state index is 5.46. The Morgan fingerprint density at radius 1 is 1.19 bits per heavy atom. The van der Waals surface area contributed by atoms with Crippen molar-refractivity contribution in [2.24, 2.45) is 0 Å². The molecule has 1 aromatic carbocycles. The van der Waals surface area contributed by atoms with Gasteiger partial charge in [-0.2, -0.15) is 0 Å². The molecule has 1 unspecified atom stereocenters. The number of hydrogen-bond donors (Lipinski definition) is 1. The number of likely N-dealkylation sites (N-methyl/N-ethyl adjacent to an activating group) is 2. The van der Waals surface area contributed by atoms with E-state index in [2.05, 4.69) is 35.3 Å². The molecule has 5 heteroatoms. The van der Waals surface area contributed by atoms with E-state index in [9.17, 15) is 0 Å². The highest BCUT2D eigenvalue weighted by atomic mass is 16.5. The molecule has 1 atom stereocenters. The minimum absolute atomic E-state index is 0.556. The summed E-state index contributed by atoms with van der Waals surface area (Å²) in [6.07, 6.45) is 0. The van der Waals surface area contributed by atoms with Gasteiger partial charge in [0.05, 0.1) is 14.2 Å². The fraction of sp³-hybridized carbons (Fsp3) is 0.625. The molecule has 0 bridgehead atoms. The number of ether oxygens (including phenoxy) is 2. The number of nitrogens with one attached hydrogen (secondary N) is 1. The third-order valence-corrected chi connectivity index (χ3v) is 4.16. The van der Waals surface area contributed by atoms with E-state index in [1.807, 2.05) is 12.1 Å². The summed E-state index contributed by atoms with van der Waals surface area (Å²) in [5.41, 5.74) is 1.13. The van der Waals surface area contributed by atoms with E-state index in [1.165, 1.54) is 0 Å². The molecule has 1 aromatic rings. The van der Waals surface area contributed by atoms with Gasteiger partial charge in [0.2, 0.25) is 0 Å². The van der Waals surface area contributed by atoms with Crippen molar-refractivity contribution in [3.63, 3.8) is 0 Å². The van der Waals surface area contributed by atoms with Gasteiger partial charge in [-0.25, -0.2) is 0 Å². The molecule has 118 valence electrons. The lowest BCUT2D eigenvalue weighted by molar-refractivity contribution is 0.113. The second-order valence-corrected chi connectivity index (χ2v) is 5.68. The summed E-state index contributed by atoms with van der Waals surface area (Å²) in [4.78, 5) is 4.81. The van der Waals surface area contributed by atoms with Crippen LogP contribution in [0.25, 0.3) is 0 Å². The van der Waals surface area contributed by atoms with Gasteiger partial charge in [0.25, 0.3) is 0 Å². The third kappa shape index (κ3) is 4.09. The highest BCUT2D eigenvalue weighted by molar-refractivity contribution is 5.46. The van der Waals surface area contributed by atoms with E-state index in [0.29, 0.717) is 6.04 Å². The molecule has 0 radical (unpaired) electrons. The van der Waals surface area contributed by atoms with Crippen LogP contribution in [-0.2, 0) is 6.54 Å². The van der Waals surface area contributed by atoms with Crippen molar-refractivity contribution >= 4 is 0 Å². The van der Waals surface area contributed by atoms with Gasteiger partial charge in [-0.15, -0.1) is 0 Å². The van der Waals surface area contributed by atoms with Gasteiger partial charge in [0, 0.05) is 44.3 Å². The van der Waals surface area contributed by atoms with Gasteiger partial charge in [-0.1, -0.05) is 12.1 Å². The monoisotopic (exact) mass is 293 g/mol. The standard InChI is InChI=1S/C16H27N3O2/c1-18-8-9-19(2)14(12-18)11-17-10-13-6-5-7-15(20-3)16(13)21-4/h5-7,14,17H,8-12H2,1-4H3. The molecule has 5 nitrogen and oxygen atoms in total. The Kier molecular flexibility index (Phi) is 5.85. The minimum atomic E-state index is 0.556. The van der Waals surface area contributed by atoms with Crippen LogP contribution < -0.4 is 14.8 Å². The molecule has 1 fully saturated rings. The summed E-state index contributed by atoms with van der Waals surface area (Å²) in [7, 11) is 7.74. The van der Waals surface area contributed by atoms with Crippen molar-refractivity contribution in [1.82, 2.24) is 15.1 Å². The van der Waals surface area contributed by atoms with Crippen LogP contribution in [0.1, 0.15) is 5.56 Å². The lowest BCUT2D eigenvalue weighted by atomic mass is 10.1. The van der Waals surface area contributed by atoms with E-state index in [4.69, 9.17) is 9.47 Å². The normalized spacial score (nSPS) is 20.5. The van der Waals surface area contributed by atoms with Gasteiger partial charge >= 0.3 is 0 Å². The molecule has 1 aliphatic rings. The average Bonchev–Trinajstić information content (AvgIpc) is 2.50. The molecule has 0 spiro atoms. The Hall–Kier alpha value is -1.30. The van der Waals surface area contributed by atoms with Gasteiger partial charge in [-0.3, -0.25) is 4.90 Å². The van der Waals surface area contributed by atoms with Crippen LogP contribution in [-0.4, -0.2) is 70.3 Å². The molecule has 1 saturated heterocycles. The minimum Gasteiger partial charge on any atom is -0.493 e. The number of hydrogen-bond acceptors (Lipinski definition) is 5. The van der Waals surface area contributed by atoms with E-state index >= 15 is 0 Å². The van der Waals surface area contributed by atoms with Gasteiger partial charge in [0.1, 0.15) is 0 Å². The van der Waals surface area contributed by atoms with Crippen molar-refractivity contribution in [2.75, 3.05) is 54.5 Å². The Morgan fingerprint density at radius 2 is 2.00 bits per heavy atom. The molecule has 21 heavy (non-hydrogen) atoms. The first-order valence-electron chi connectivity index (χ1n) is 7.45. The first kappa shape index (κ1) is 16.1. The Morgan fingerprint density at radius 3 is 2.71 bits per heavy atom. The van der Waals surface area contributed by atoms with E-state index in [0.717, 1.165) is 49.8 Å². The largest absolute Gasteiger partial charge is 0.493 e. The third-order valence-electron chi connectivity index (χ3n) is 4.16. The highest BCUT2D eigenvalue weighted by Crippen LogP contribution is 2.30. The van der Waals surface area contributed by atoms with Crippen LogP contribution in [0.4, 0.5) is 0 Å². The smallest absolute Gasteiger partial charge is 0.165 e. The topological polar surface area (TPSA) is 37.0 Å². The summed E-state index contributed by atoms with van der Waals surface area (Å²) < 4.78 is 10.8. The number of para-hydroxylation sites is 1. The van der Waals surface area contributed by atoms with Crippen molar-refractivity contribution in [1.29, 1.82) is 0 Å². The van der Waals surface area contributed by atoms with Crippen LogP contribution >= 0.6 is 0 Å². The first-order chi connectivity index (χ1) is 10.2. The zero-order chi connectivity index (χ0) is 15.2. The number of piperazine rings is 1. The Labute approximate surface area is 127 Å². The Bertz CT molecular complexity index is 453. The quantitative estimate of drug-likeness (QED) is 0.848. The fourth-order valence-electron chi connectivity index (χ4n) is 2.79. The summed E-state index contributed by atoms with van der Waals surface area (Å²) in [6, 6.07) is 6.55. The zero-order valence-electron chi connectivity index (χ0n) is 13.6. The second kappa shape index (κ2) is 7.64. The summed E-state index contributed by atoms with van der Waals surface area (Å²) in [6.45, 7) is 5.15. The van der Waals surface area contributed by atoms with Crippen molar-refractivity contribution in [3.05, 3.63) is 23.8 Å². The summed E-state index contributed by atoms with van der Waals surface area (Å²) in [5, 5.41) is 3.54. The average molecular weight is 293 g/mol. The number of rotatable bonds is 6. The summed E-state index contributed by atoms with van der Waals surface area (Å²) in [5.74, 6) is 1.60. The van der Waals surface area contributed by atoms with Gasteiger partial charge in [-0.05, 0) is 20.2 Å². The van der Waals surface area contributed by atoms with E-state index < -0.39 is 0 Å². The molecule has 0 amide bonds. The Balaban J connectivity index is 1.91. The molecule has 0 aromatic heterocycles. The van der Waals surface area contributed by atoms with Crippen LogP contribution in [0, 0.1) is 0 Å². The molecular formula is C16H27N3O2. The van der Waals surface area contributed by atoms with E-state index in [1.54, 1.807) is 14.2 Å². The number of methoxy groups -OCH3 is 2. The van der Waals surface area contributed by atoms with E-state index in [-0.39, 0.29) is 0 Å². The van der Waals surface area contributed by atoms with Crippen LogP contribution in [0.15, 0.2) is 18.2 Å². The van der Waals surface area contributed by atoms with Crippen LogP contribution in [0.2, 0.25) is 0 Å². The SMILES string of the molecule is COc1cccc(CNCC2CN(C)CCN2C)c1OC. The van der Waals surface area contributed by atoms with Crippen molar-refractivity contribution in [2.45, 2.75) is 12.6 Å². The maximum absolute atomic E-state index is 5.46. The predicted octanol–water partition coefficient (Wildman–Crippen LogP) is 1.04. The molecule has 0 aliphatic carbocycles. The lowest BCUT2D eigenvalue weighted by Gasteiger charge is -2.37. The highest BCUT2D eigenvalue weighted by Gasteiger charge is 2.21. The maximum Gasteiger partial charge on any atom is 0.165 e. The molecule has 1 N–H and O–H groups in total. The zero-order valence-corrected chi connectivity index (χ0v) is 13.6. The number of benzene rings is 1. The number of nitrogens with zero attached hydrogens (tertiary/aromatic N) is 2. The fourth-order valence-corrected chi connectivity index (χ4v) is 2.79. The second-order valence-electron chi connectivity index (χ2n) is 5.68. The molecular weight excluding hydrogens is 266 g/mol. The van der Waals surface area contributed by atoms with Gasteiger partial charge in [0.15, 0.2) is 11.5 Å². The van der Waals surface area contributed by atoms with Crippen molar-refractivity contribution in [3.8, 4) is 11.5 Å².